The van der Waals surface area contributed by atoms with Crippen LogP contribution in [0, 0.1) is 0 Å². The van der Waals surface area contributed by atoms with E-state index in [1.165, 1.54) is 12.8 Å². The molecule has 5 nitrogen and oxygen atoms in total. The van der Waals surface area contributed by atoms with Crippen molar-refractivity contribution in [3.8, 4) is 0 Å². The van der Waals surface area contributed by atoms with Gasteiger partial charge in [-0.25, -0.2) is 13.8 Å². The normalized spacial score (nSPS) is 22.2. The number of carbonyl (C=O) groups excluding carboxylic acids is 1. The van der Waals surface area contributed by atoms with Crippen LogP contribution in [0.1, 0.15) is 19.3 Å². The molecule has 130 valence electrons. The van der Waals surface area contributed by atoms with E-state index in [1.54, 1.807) is 12.3 Å². The number of amides is 1. The first kappa shape index (κ1) is 19.9. The van der Waals surface area contributed by atoms with Crippen molar-refractivity contribution in [3.05, 3.63) is 18.3 Å². The number of hydrogen-bond donors (Lipinski definition) is 2. The number of alkyl halides is 2. The second kappa shape index (κ2) is 8.08. The highest BCUT2D eigenvalue weighted by molar-refractivity contribution is 5.95. The monoisotopic (exact) mass is 368 g/mol. The highest BCUT2D eigenvalue weighted by atomic mass is 35.5. The molecule has 0 aliphatic carbocycles. The Balaban J connectivity index is 0.00000132. The van der Waals surface area contributed by atoms with Crippen molar-refractivity contribution in [2.75, 3.05) is 29.9 Å². The van der Waals surface area contributed by atoms with Gasteiger partial charge in [-0.2, -0.15) is 0 Å². The lowest BCUT2D eigenvalue weighted by Crippen LogP contribution is -2.35. The first-order valence-corrected chi connectivity index (χ1v) is 7.17. The summed E-state index contributed by atoms with van der Waals surface area (Å²) in [7, 11) is 0. The van der Waals surface area contributed by atoms with Gasteiger partial charge in [-0.05, 0) is 25.0 Å². The number of halogens is 4. The van der Waals surface area contributed by atoms with Gasteiger partial charge in [0, 0.05) is 19.5 Å². The van der Waals surface area contributed by atoms with Crippen LogP contribution in [0.25, 0.3) is 0 Å². The van der Waals surface area contributed by atoms with E-state index in [0.29, 0.717) is 5.69 Å². The van der Waals surface area contributed by atoms with Crippen molar-refractivity contribution in [1.29, 1.82) is 0 Å². The molecular weight excluding hydrogens is 349 g/mol. The van der Waals surface area contributed by atoms with Gasteiger partial charge in [0.1, 0.15) is 5.82 Å². The Labute approximate surface area is 146 Å². The molecule has 1 aromatic heterocycles. The van der Waals surface area contributed by atoms with E-state index in [0.717, 1.165) is 18.9 Å². The molecule has 1 aromatic rings. The van der Waals surface area contributed by atoms with Gasteiger partial charge < -0.3 is 10.2 Å². The molecule has 3 heterocycles. The Kier molecular flexibility index (Phi) is 6.98. The van der Waals surface area contributed by atoms with E-state index in [4.69, 9.17) is 0 Å². The molecule has 0 bridgehead atoms. The smallest absolute Gasteiger partial charge is 0.262 e. The summed E-state index contributed by atoms with van der Waals surface area (Å²) < 4.78 is 26.1. The van der Waals surface area contributed by atoms with Gasteiger partial charge in [-0.1, -0.05) is 0 Å². The van der Waals surface area contributed by atoms with Crippen molar-refractivity contribution in [1.82, 2.24) is 10.3 Å². The first-order chi connectivity index (χ1) is 10.0. The lowest BCUT2D eigenvalue weighted by Gasteiger charge is -2.16. The number of pyridine rings is 1. The highest BCUT2D eigenvalue weighted by Crippen LogP contribution is 2.26. The lowest BCUT2D eigenvalue weighted by atomic mass is 10.2. The number of aromatic nitrogens is 1. The van der Waals surface area contributed by atoms with Crippen LogP contribution in [-0.4, -0.2) is 42.5 Å². The molecule has 2 fully saturated rings. The Morgan fingerprint density at radius 1 is 1.30 bits per heavy atom. The number of anilines is 2. The fourth-order valence-corrected chi connectivity index (χ4v) is 2.72. The van der Waals surface area contributed by atoms with Gasteiger partial charge >= 0.3 is 0 Å². The first-order valence-electron chi connectivity index (χ1n) is 7.17. The fraction of sp³-hybridized carbons (Fsp3) is 0.571. The molecule has 2 aliphatic heterocycles. The number of nitrogens with one attached hydrogen (secondary N) is 2. The number of rotatable bonds is 3. The van der Waals surface area contributed by atoms with Gasteiger partial charge in [-0.3, -0.25) is 10.1 Å². The third kappa shape index (κ3) is 4.89. The van der Waals surface area contributed by atoms with Gasteiger partial charge in [0.25, 0.3) is 5.92 Å². The summed E-state index contributed by atoms with van der Waals surface area (Å²) >= 11 is 0. The zero-order valence-electron chi connectivity index (χ0n) is 12.4. The molecule has 2 saturated heterocycles. The predicted octanol–water partition coefficient (Wildman–Crippen LogP) is 2.46. The quantitative estimate of drug-likeness (QED) is 0.860. The minimum Gasteiger partial charge on any atom is -0.357 e. The maximum Gasteiger partial charge on any atom is 0.262 e. The second-order valence-electron chi connectivity index (χ2n) is 5.58. The number of nitrogens with zero attached hydrogens (tertiary/aromatic N) is 2. The predicted molar refractivity (Wildman–Crippen MR) is 90.2 cm³/mol. The molecule has 2 aliphatic rings. The van der Waals surface area contributed by atoms with Crippen LogP contribution in [0.2, 0.25) is 0 Å². The van der Waals surface area contributed by atoms with E-state index in [1.807, 2.05) is 6.07 Å². The molecule has 0 aromatic carbocycles. The molecule has 1 unspecified atom stereocenters. The van der Waals surface area contributed by atoms with Crippen LogP contribution in [-0.2, 0) is 4.79 Å². The Morgan fingerprint density at radius 2 is 2.00 bits per heavy atom. The molecule has 9 heteroatoms. The van der Waals surface area contributed by atoms with Gasteiger partial charge in [0.2, 0.25) is 5.91 Å². The fourth-order valence-electron chi connectivity index (χ4n) is 2.72. The van der Waals surface area contributed by atoms with E-state index < -0.39 is 30.8 Å². The maximum atomic E-state index is 13.1. The molecule has 3 rings (SSSR count). The van der Waals surface area contributed by atoms with Crippen LogP contribution >= 0.6 is 24.8 Å². The van der Waals surface area contributed by atoms with Crippen molar-refractivity contribution in [3.63, 3.8) is 0 Å². The Hall–Kier alpha value is -1.18. The van der Waals surface area contributed by atoms with Crippen LogP contribution in [0.5, 0.6) is 0 Å². The van der Waals surface area contributed by atoms with Crippen LogP contribution in [0.15, 0.2) is 18.3 Å². The van der Waals surface area contributed by atoms with Gasteiger partial charge in [-0.15, -0.1) is 24.8 Å². The molecular formula is C14H20Cl2F2N4O. The summed E-state index contributed by atoms with van der Waals surface area (Å²) in [6.45, 7) is 1.55. The third-order valence-corrected chi connectivity index (χ3v) is 3.87. The molecule has 1 amide bonds. The van der Waals surface area contributed by atoms with Crippen molar-refractivity contribution < 1.29 is 13.6 Å². The van der Waals surface area contributed by atoms with Crippen molar-refractivity contribution >= 4 is 42.2 Å². The number of carbonyl (C=O) groups is 1. The van der Waals surface area contributed by atoms with E-state index in [2.05, 4.69) is 20.5 Å². The zero-order valence-corrected chi connectivity index (χ0v) is 14.1. The molecule has 0 spiro atoms. The molecule has 0 saturated carbocycles. The summed E-state index contributed by atoms with van der Waals surface area (Å²) in [5.41, 5.74) is 0.528. The second-order valence-corrected chi connectivity index (χ2v) is 5.58. The zero-order chi connectivity index (χ0) is 14.9. The van der Waals surface area contributed by atoms with Crippen LogP contribution in [0.4, 0.5) is 20.3 Å². The summed E-state index contributed by atoms with van der Waals surface area (Å²) in [5.74, 6) is -2.36. The third-order valence-electron chi connectivity index (χ3n) is 3.87. The van der Waals surface area contributed by atoms with E-state index >= 15 is 0 Å². The lowest BCUT2D eigenvalue weighted by molar-refractivity contribution is -0.118. The SMILES string of the molecule is Cl.Cl.O=C(Nc1ccc(N2CCCC2)nc1)C1CC(F)(F)CN1. The van der Waals surface area contributed by atoms with Crippen molar-refractivity contribution in [2.45, 2.75) is 31.2 Å². The summed E-state index contributed by atoms with van der Waals surface area (Å²) in [6, 6.07) is 2.75. The highest BCUT2D eigenvalue weighted by Gasteiger charge is 2.42. The minimum atomic E-state index is -2.81. The molecule has 1 atom stereocenters. The van der Waals surface area contributed by atoms with E-state index in [-0.39, 0.29) is 24.8 Å². The van der Waals surface area contributed by atoms with Crippen molar-refractivity contribution in [2.24, 2.45) is 0 Å². The standard InChI is InChI=1S/C14H18F2N4O.2ClH/c15-14(16)7-11(18-9-14)13(21)19-10-3-4-12(17-8-10)20-5-1-2-6-20;;/h3-4,8,11,18H,1-2,5-7,9H2,(H,19,21);2*1H. The Bertz CT molecular complexity index is 524. The number of hydrogen-bond acceptors (Lipinski definition) is 4. The van der Waals surface area contributed by atoms with E-state index in [9.17, 15) is 13.6 Å². The van der Waals surface area contributed by atoms with Gasteiger partial charge in [0.15, 0.2) is 0 Å². The average Bonchev–Trinajstić information content (AvgIpc) is 3.09. The molecule has 0 radical (unpaired) electrons. The maximum absolute atomic E-state index is 13.1. The van der Waals surface area contributed by atoms with Crippen LogP contribution < -0.4 is 15.5 Å². The Morgan fingerprint density at radius 3 is 2.52 bits per heavy atom. The average molecular weight is 369 g/mol. The molecule has 2 N–H and O–H groups in total. The summed E-state index contributed by atoms with van der Waals surface area (Å²) in [6.07, 6.45) is 3.44. The largest absolute Gasteiger partial charge is 0.357 e. The van der Waals surface area contributed by atoms with Gasteiger partial charge in [0.05, 0.1) is 24.5 Å². The molecule has 23 heavy (non-hydrogen) atoms. The minimum absolute atomic E-state index is 0. The topological polar surface area (TPSA) is 57.3 Å². The summed E-state index contributed by atoms with van der Waals surface area (Å²) in [4.78, 5) is 18.4. The summed E-state index contributed by atoms with van der Waals surface area (Å²) in [5, 5.41) is 5.16. The van der Waals surface area contributed by atoms with Crippen LogP contribution in [0.3, 0.4) is 0 Å².